The van der Waals surface area contributed by atoms with Crippen molar-refractivity contribution < 1.29 is 9.72 Å². The van der Waals surface area contributed by atoms with E-state index in [2.05, 4.69) is 5.32 Å². The highest BCUT2D eigenvalue weighted by Crippen LogP contribution is 2.24. The van der Waals surface area contributed by atoms with Gasteiger partial charge in [0.05, 0.1) is 8.49 Å². The van der Waals surface area contributed by atoms with Gasteiger partial charge in [0, 0.05) is 18.7 Å². The number of nitro groups is 1. The molecule has 0 radical (unpaired) electrons. The van der Waals surface area contributed by atoms with Crippen LogP contribution in [0.2, 0.25) is 0 Å². The maximum Gasteiger partial charge on any atom is 0.284 e. The Balaban J connectivity index is 3.06. The van der Waals surface area contributed by atoms with E-state index in [4.69, 9.17) is 0 Å². The van der Waals surface area contributed by atoms with Crippen LogP contribution in [0.1, 0.15) is 6.92 Å². The molecule has 74 valence electrons. The first kappa shape index (κ1) is 10.9. The van der Waals surface area contributed by atoms with Gasteiger partial charge in [0.2, 0.25) is 5.91 Å². The summed E-state index contributed by atoms with van der Waals surface area (Å²) in [6.45, 7) is 1.35. The van der Waals surface area contributed by atoms with E-state index in [-0.39, 0.29) is 11.6 Å². The van der Waals surface area contributed by atoms with E-state index in [1.165, 1.54) is 13.0 Å². The van der Waals surface area contributed by atoms with Crippen LogP contribution < -0.4 is 5.32 Å². The second-order valence-electron chi connectivity index (χ2n) is 2.60. The van der Waals surface area contributed by atoms with Crippen molar-refractivity contribution in [3.8, 4) is 0 Å². The van der Waals surface area contributed by atoms with Crippen molar-refractivity contribution in [1.82, 2.24) is 0 Å². The van der Waals surface area contributed by atoms with Crippen LogP contribution in [0.15, 0.2) is 18.2 Å². The zero-order valence-corrected chi connectivity index (χ0v) is 9.44. The van der Waals surface area contributed by atoms with Gasteiger partial charge < -0.3 is 5.32 Å². The molecule has 1 amide bonds. The third-order valence-electron chi connectivity index (χ3n) is 1.46. The normalized spacial score (nSPS) is 9.57. The number of carbonyl (C=O) groups is 1. The molecule has 1 rings (SSSR count). The van der Waals surface area contributed by atoms with Gasteiger partial charge in [-0.1, -0.05) is 0 Å². The fourth-order valence-electron chi connectivity index (χ4n) is 0.934. The SMILES string of the molecule is CC(=O)Nc1ccc(I)c([N+](=O)[O-])c1. The molecule has 0 fully saturated rings. The summed E-state index contributed by atoms with van der Waals surface area (Å²) >= 11 is 1.87. The van der Waals surface area contributed by atoms with E-state index in [1.807, 2.05) is 22.6 Å². The molecule has 0 unspecified atom stereocenters. The van der Waals surface area contributed by atoms with Crippen molar-refractivity contribution in [2.24, 2.45) is 0 Å². The molecule has 0 aliphatic carbocycles. The average molecular weight is 306 g/mol. The molecule has 1 aromatic carbocycles. The van der Waals surface area contributed by atoms with Gasteiger partial charge in [0.25, 0.3) is 5.69 Å². The molecule has 0 aliphatic heterocycles. The van der Waals surface area contributed by atoms with Crippen molar-refractivity contribution >= 4 is 39.9 Å². The van der Waals surface area contributed by atoms with Gasteiger partial charge in [-0.3, -0.25) is 14.9 Å². The number of benzene rings is 1. The number of hydrogen-bond acceptors (Lipinski definition) is 3. The Bertz CT molecular complexity index is 392. The minimum atomic E-state index is -0.479. The minimum absolute atomic E-state index is 0.00292. The van der Waals surface area contributed by atoms with Gasteiger partial charge >= 0.3 is 0 Å². The van der Waals surface area contributed by atoms with E-state index in [0.717, 1.165) is 0 Å². The Kier molecular flexibility index (Phi) is 3.39. The van der Waals surface area contributed by atoms with E-state index < -0.39 is 4.92 Å². The predicted octanol–water partition coefficient (Wildman–Crippen LogP) is 2.16. The molecule has 0 aromatic heterocycles. The first-order chi connectivity index (χ1) is 6.50. The molecule has 0 bridgehead atoms. The highest BCUT2D eigenvalue weighted by atomic mass is 127. The van der Waals surface area contributed by atoms with Crippen molar-refractivity contribution in [3.63, 3.8) is 0 Å². The minimum Gasteiger partial charge on any atom is -0.326 e. The maximum atomic E-state index is 10.7. The average Bonchev–Trinajstić information content (AvgIpc) is 2.07. The second kappa shape index (κ2) is 4.36. The molecule has 0 aliphatic rings. The molecule has 0 heterocycles. The summed E-state index contributed by atoms with van der Waals surface area (Å²) in [6, 6.07) is 4.54. The van der Waals surface area contributed by atoms with Crippen LogP contribution in [-0.2, 0) is 4.79 Å². The highest BCUT2D eigenvalue weighted by molar-refractivity contribution is 14.1. The number of hydrogen-bond donors (Lipinski definition) is 1. The van der Waals surface area contributed by atoms with E-state index in [9.17, 15) is 14.9 Å². The molecular weight excluding hydrogens is 299 g/mol. The van der Waals surface area contributed by atoms with Crippen LogP contribution >= 0.6 is 22.6 Å². The van der Waals surface area contributed by atoms with Crippen molar-refractivity contribution in [1.29, 1.82) is 0 Å². The Morgan fingerprint density at radius 3 is 2.71 bits per heavy atom. The van der Waals surface area contributed by atoms with Gasteiger partial charge in [-0.2, -0.15) is 0 Å². The number of carbonyl (C=O) groups excluding carboxylic acids is 1. The lowest BCUT2D eigenvalue weighted by atomic mass is 10.3. The number of rotatable bonds is 2. The molecule has 14 heavy (non-hydrogen) atoms. The summed E-state index contributed by atoms with van der Waals surface area (Å²) in [7, 11) is 0. The Labute approximate surface area is 93.8 Å². The lowest BCUT2D eigenvalue weighted by molar-refractivity contribution is -0.385. The molecule has 0 spiro atoms. The summed E-state index contributed by atoms with van der Waals surface area (Å²) < 4.78 is 0.543. The standard InChI is InChI=1S/C8H7IN2O3/c1-5(12)10-6-2-3-7(9)8(4-6)11(13)14/h2-4H,1H3,(H,10,12). The lowest BCUT2D eigenvalue weighted by Crippen LogP contribution is -2.06. The fraction of sp³-hybridized carbons (Fsp3) is 0.125. The van der Waals surface area contributed by atoms with Crippen molar-refractivity contribution in [2.45, 2.75) is 6.92 Å². The van der Waals surface area contributed by atoms with Crippen LogP contribution in [0.25, 0.3) is 0 Å². The van der Waals surface area contributed by atoms with Crippen LogP contribution in [0.3, 0.4) is 0 Å². The van der Waals surface area contributed by atoms with Gasteiger partial charge in [-0.25, -0.2) is 0 Å². The highest BCUT2D eigenvalue weighted by Gasteiger charge is 2.12. The van der Waals surface area contributed by atoms with E-state index in [0.29, 0.717) is 9.26 Å². The van der Waals surface area contributed by atoms with Crippen LogP contribution in [0, 0.1) is 13.7 Å². The molecule has 6 heteroatoms. The molecule has 5 nitrogen and oxygen atoms in total. The third kappa shape index (κ3) is 2.66. The lowest BCUT2D eigenvalue weighted by Gasteiger charge is -2.02. The van der Waals surface area contributed by atoms with Gasteiger partial charge in [0.15, 0.2) is 0 Å². The number of nitrogens with one attached hydrogen (secondary N) is 1. The molecule has 1 aromatic rings. The van der Waals surface area contributed by atoms with E-state index >= 15 is 0 Å². The Hall–Kier alpha value is -1.18. The maximum absolute atomic E-state index is 10.7. The monoisotopic (exact) mass is 306 g/mol. The summed E-state index contributed by atoms with van der Waals surface area (Å²) in [5, 5.41) is 13.0. The number of nitrogens with zero attached hydrogens (tertiary/aromatic N) is 1. The predicted molar refractivity (Wildman–Crippen MR) is 60.1 cm³/mol. The van der Waals surface area contributed by atoms with E-state index in [1.54, 1.807) is 12.1 Å². The van der Waals surface area contributed by atoms with Crippen LogP contribution in [0.4, 0.5) is 11.4 Å². The summed E-state index contributed by atoms with van der Waals surface area (Å²) in [5.74, 6) is -0.250. The molecule has 0 atom stereocenters. The number of anilines is 1. The van der Waals surface area contributed by atoms with Crippen LogP contribution in [-0.4, -0.2) is 10.8 Å². The number of amides is 1. The summed E-state index contributed by atoms with van der Waals surface area (Å²) in [6.07, 6.45) is 0. The molecular formula is C8H7IN2O3. The molecule has 0 saturated carbocycles. The smallest absolute Gasteiger partial charge is 0.284 e. The topological polar surface area (TPSA) is 72.2 Å². The van der Waals surface area contributed by atoms with Crippen molar-refractivity contribution in [2.75, 3.05) is 5.32 Å². The molecule has 0 saturated heterocycles. The van der Waals surface area contributed by atoms with Crippen molar-refractivity contribution in [3.05, 3.63) is 31.9 Å². The first-order valence-electron chi connectivity index (χ1n) is 3.72. The zero-order valence-electron chi connectivity index (χ0n) is 7.28. The quantitative estimate of drug-likeness (QED) is 0.517. The van der Waals surface area contributed by atoms with Gasteiger partial charge in [-0.05, 0) is 34.7 Å². The summed E-state index contributed by atoms with van der Waals surface area (Å²) in [4.78, 5) is 20.8. The largest absolute Gasteiger partial charge is 0.326 e. The van der Waals surface area contributed by atoms with Gasteiger partial charge in [-0.15, -0.1) is 0 Å². The number of halogens is 1. The van der Waals surface area contributed by atoms with Crippen LogP contribution in [0.5, 0.6) is 0 Å². The molecule has 1 N–H and O–H groups in total. The summed E-state index contributed by atoms with van der Waals surface area (Å²) in [5.41, 5.74) is 0.432. The zero-order chi connectivity index (χ0) is 10.7. The Morgan fingerprint density at radius 1 is 1.57 bits per heavy atom. The number of nitro benzene ring substituents is 1. The first-order valence-corrected chi connectivity index (χ1v) is 4.80. The second-order valence-corrected chi connectivity index (χ2v) is 3.77. The third-order valence-corrected chi connectivity index (χ3v) is 2.38. The fourth-order valence-corrected chi connectivity index (χ4v) is 1.47. The van der Waals surface area contributed by atoms with Gasteiger partial charge in [0.1, 0.15) is 0 Å². The Morgan fingerprint density at radius 2 is 2.21 bits per heavy atom.